The quantitative estimate of drug-likeness (QED) is 0.0714. The summed E-state index contributed by atoms with van der Waals surface area (Å²) in [7, 11) is 0. The first-order chi connectivity index (χ1) is 20.4. The maximum atomic E-state index is 12.8. The molecule has 43 heavy (non-hydrogen) atoms. The lowest BCUT2D eigenvalue weighted by Crippen LogP contribution is -2.68. The van der Waals surface area contributed by atoms with Gasteiger partial charge in [0.15, 0.2) is 6.29 Å². The van der Waals surface area contributed by atoms with Gasteiger partial charge in [0, 0.05) is 25.7 Å². The number of carbonyl (C=O) groups excluding carboxylic acids is 2. The molecule has 0 radical (unpaired) electrons. The number of aliphatic hydroxyl groups excluding tert-OH is 5. The molecule has 1 aliphatic carbocycles. The Hall–Kier alpha value is -1.62. The van der Waals surface area contributed by atoms with Gasteiger partial charge in [0.05, 0.1) is 18.7 Å². The molecular formula is C25H52N8O10. The maximum Gasteiger partial charge on any atom is 0.251 e. The van der Waals surface area contributed by atoms with Gasteiger partial charge in [-0.1, -0.05) is 0 Å². The molecule has 18 heteroatoms. The molecule has 0 bridgehead atoms. The van der Waals surface area contributed by atoms with E-state index in [-0.39, 0.29) is 58.6 Å². The van der Waals surface area contributed by atoms with Crippen molar-refractivity contribution in [3.63, 3.8) is 0 Å². The summed E-state index contributed by atoms with van der Waals surface area (Å²) < 4.78 is 17.6. The van der Waals surface area contributed by atoms with Gasteiger partial charge in [0.1, 0.15) is 48.8 Å². The topological polar surface area (TPSA) is 334 Å². The molecule has 2 rings (SSSR count). The number of ether oxygens (including phenoxy) is 3. The van der Waals surface area contributed by atoms with Crippen LogP contribution in [0.25, 0.3) is 0 Å². The third-order valence-electron chi connectivity index (χ3n) is 7.70. The molecular weight excluding hydrogens is 572 g/mol. The molecule has 1 heterocycles. The van der Waals surface area contributed by atoms with Crippen LogP contribution in [0, 0.1) is 0 Å². The van der Waals surface area contributed by atoms with Crippen molar-refractivity contribution >= 4 is 11.8 Å². The summed E-state index contributed by atoms with van der Waals surface area (Å²) in [4.78, 5) is 26.8. The standard InChI is InChI=1S/C25H52N8O10/c26-4-1-7-33(24(40)15(35)3-6-28)8-9-41-22-13(32-23(39)14(34)2-5-27)10-12(30)21(20(22)38)43-25-17(31)19(37)18(36)16(11-29)42-25/h12-22,25,34-38H,1-11,26-31H2,(H,32,39)/t12?,13-,14+,15+,16?,17?,18-,19-,20+,21-,22?,25-/m1/s1. The minimum absolute atomic E-state index is 0.00115. The summed E-state index contributed by atoms with van der Waals surface area (Å²) >= 11 is 0. The number of nitrogens with one attached hydrogen (secondary N) is 1. The monoisotopic (exact) mass is 624 g/mol. The first kappa shape index (κ1) is 37.6. The molecule has 1 aliphatic heterocycles. The molecule has 0 aromatic heterocycles. The molecule has 2 aliphatic rings. The van der Waals surface area contributed by atoms with Crippen LogP contribution < -0.4 is 39.7 Å². The largest absolute Gasteiger partial charge is 0.388 e. The molecule has 4 unspecified atom stereocenters. The van der Waals surface area contributed by atoms with Crippen LogP contribution in [-0.2, 0) is 23.8 Å². The first-order valence-corrected chi connectivity index (χ1v) is 14.6. The molecule has 1 saturated carbocycles. The van der Waals surface area contributed by atoms with E-state index in [0.29, 0.717) is 13.0 Å². The van der Waals surface area contributed by atoms with Crippen LogP contribution in [0.3, 0.4) is 0 Å². The van der Waals surface area contributed by atoms with Gasteiger partial charge in [0.2, 0.25) is 5.91 Å². The van der Waals surface area contributed by atoms with Crippen molar-refractivity contribution < 1.29 is 49.3 Å². The van der Waals surface area contributed by atoms with E-state index >= 15 is 0 Å². The van der Waals surface area contributed by atoms with Gasteiger partial charge < -0.3 is 84.4 Å². The average molecular weight is 625 g/mol. The van der Waals surface area contributed by atoms with Crippen LogP contribution in [0.4, 0.5) is 0 Å². The van der Waals surface area contributed by atoms with Crippen molar-refractivity contribution in [1.82, 2.24) is 10.2 Å². The highest BCUT2D eigenvalue weighted by molar-refractivity contribution is 5.81. The molecule has 0 aromatic carbocycles. The second-order valence-corrected chi connectivity index (χ2v) is 10.9. The SMILES string of the molecule is NCCCN(CCOC1[C@@H](O)[C@H](O[C@H]2OC(CN)[C@@H](O)[C@H](O)C2N)C(N)C[C@H]1NC(=O)[C@@H](O)CCN)C(=O)[C@@H](O)CCN. The van der Waals surface area contributed by atoms with E-state index in [2.05, 4.69) is 5.32 Å². The number of carbonyl (C=O) groups is 2. The lowest BCUT2D eigenvalue weighted by molar-refractivity contribution is -0.289. The number of hydrogen-bond donors (Lipinski definition) is 12. The zero-order valence-electron chi connectivity index (χ0n) is 24.4. The Balaban J connectivity index is 2.23. The molecule has 18 nitrogen and oxygen atoms in total. The minimum Gasteiger partial charge on any atom is -0.388 e. The third-order valence-corrected chi connectivity index (χ3v) is 7.70. The van der Waals surface area contributed by atoms with E-state index in [4.69, 9.17) is 48.6 Å². The lowest BCUT2D eigenvalue weighted by atomic mass is 9.83. The summed E-state index contributed by atoms with van der Waals surface area (Å²) in [6.45, 7) is 0.446. The minimum atomic E-state index is -1.49. The Morgan fingerprint density at radius 3 is 2.16 bits per heavy atom. The Morgan fingerprint density at radius 2 is 1.56 bits per heavy atom. The predicted octanol–water partition coefficient (Wildman–Crippen LogP) is -7.34. The number of nitrogens with zero attached hydrogens (tertiary/aromatic N) is 1. The van der Waals surface area contributed by atoms with E-state index < -0.39 is 85.1 Å². The highest BCUT2D eigenvalue weighted by Crippen LogP contribution is 2.29. The second-order valence-electron chi connectivity index (χ2n) is 10.9. The fraction of sp³-hybridized carbons (Fsp3) is 0.920. The third kappa shape index (κ3) is 10.2. The van der Waals surface area contributed by atoms with E-state index in [1.165, 1.54) is 4.90 Å². The Labute approximate surface area is 250 Å². The first-order valence-electron chi connectivity index (χ1n) is 14.6. The van der Waals surface area contributed by atoms with E-state index in [1.807, 2.05) is 0 Å². The van der Waals surface area contributed by atoms with Crippen LogP contribution in [0.15, 0.2) is 0 Å². The fourth-order valence-electron chi connectivity index (χ4n) is 5.17. The zero-order chi connectivity index (χ0) is 32.3. The van der Waals surface area contributed by atoms with Gasteiger partial charge in [-0.2, -0.15) is 0 Å². The highest BCUT2D eigenvalue weighted by atomic mass is 16.7. The number of nitrogens with two attached hydrogens (primary N) is 6. The summed E-state index contributed by atoms with van der Waals surface area (Å²) in [5.74, 6) is -1.30. The van der Waals surface area contributed by atoms with Gasteiger partial charge >= 0.3 is 0 Å². The number of hydrogen-bond acceptors (Lipinski definition) is 16. The second kappa shape index (κ2) is 18.4. The van der Waals surface area contributed by atoms with Crippen LogP contribution in [0.1, 0.15) is 25.7 Å². The normalized spacial score (nSPS) is 34.4. The van der Waals surface area contributed by atoms with Crippen LogP contribution in [0.2, 0.25) is 0 Å². The van der Waals surface area contributed by atoms with E-state index in [1.54, 1.807) is 0 Å². The van der Waals surface area contributed by atoms with Crippen molar-refractivity contribution in [3.05, 3.63) is 0 Å². The van der Waals surface area contributed by atoms with Crippen molar-refractivity contribution in [2.75, 3.05) is 45.9 Å². The zero-order valence-corrected chi connectivity index (χ0v) is 24.4. The van der Waals surface area contributed by atoms with Gasteiger partial charge in [-0.25, -0.2) is 0 Å². The fourth-order valence-corrected chi connectivity index (χ4v) is 5.17. The smallest absolute Gasteiger partial charge is 0.251 e. The average Bonchev–Trinajstić information content (AvgIpc) is 2.97. The summed E-state index contributed by atoms with van der Waals surface area (Å²) in [6.07, 6.45) is -11.1. The number of amides is 2. The highest BCUT2D eigenvalue weighted by Gasteiger charge is 2.49. The maximum absolute atomic E-state index is 12.8. The molecule has 0 aromatic rings. The Bertz CT molecular complexity index is 848. The summed E-state index contributed by atoms with van der Waals surface area (Å²) in [5, 5.41) is 54.9. The molecule has 12 atom stereocenters. The van der Waals surface area contributed by atoms with Crippen molar-refractivity contribution in [2.24, 2.45) is 34.4 Å². The molecule has 1 saturated heterocycles. The summed E-state index contributed by atoms with van der Waals surface area (Å²) in [6, 6.07) is -3.01. The van der Waals surface area contributed by atoms with Crippen LogP contribution >= 0.6 is 0 Å². The molecule has 0 spiro atoms. The molecule has 2 fully saturated rings. The number of rotatable bonds is 17. The van der Waals surface area contributed by atoms with Gasteiger partial charge in [-0.05, 0) is 45.3 Å². The van der Waals surface area contributed by atoms with Crippen LogP contribution in [-0.4, -0.2) is 161 Å². The van der Waals surface area contributed by atoms with Gasteiger partial charge in [-0.3, -0.25) is 9.59 Å². The van der Waals surface area contributed by atoms with Crippen LogP contribution in [0.5, 0.6) is 0 Å². The molecule has 2 amide bonds. The van der Waals surface area contributed by atoms with Crippen molar-refractivity contribution in [3.8, 4) is 0 Å². The van der Waals surface area contributed by atoms with Crippen molar-refractivity contribution in [1.29, 1.82) is 0 Å². The van der Waals surface area contributed by atoms with Gasteiger partial charge in [-0.15, -0.1) is 0 Å². The Kier molecular flexibility index (Phi) is 16.1. The van der Waals surface area contributed by atoms with Gasteiger partial charge in [0.25, 0.3) is 5.91 Å². The molecule has 252 valence electrons. The van der Waals surface area contributed by atoms with Crippen molar-refractivity contribution in [2.45, 2.75) is 98.9 Å². The van der Waals surface area contributed by atoms with E-state index in [9.17, 15) is 35.1 Å². The summed E-state index contributed by atoms with van der Waals surface area (Å²) in [5.41, 5.74) is 34.5. The Morgan fingerprint density at radius 1 is 0.907 bits per heavy atom. The molecule has 18 N–H and O–H groups in total. The lowest BCUT2D eigenvalue weighted by Gasteiger charge is -2.47. The number of aliphatic hydroxyl groups is 5. The predicted molar refractivity (Wildman–Crippen MR) is 152 cm³/mol. The van der Waals surface area contributed by atoms with E-state index in [0.717, 1.165) is 0 Å².